The highest BCUT2D eigenvalue weighted by molar-refractivity contribution is 5.99. The highest BCUT2D eigenvalue weighted by atomic mass is 16.3. The Kier molecular flexibility index (Phi) is 6.50. The topological polar surface area (TPSA) is 82.7 Å². The van der Waals surface area contributed by atoms with E-state index in [0.29, 0.717) is 12.3 Å². The average Bonchev–Trinajstić information content (AvgIpc) is 3.62. The summed E-state index contributed by atoms with van der Waals surface area (Å²) in [5.41, 5.74) is 12.7. The van der Waals surface area contributed by atoms with E-state index in [4.69, 9.17) is 10.7 Å². The van der Waals surface area contributed by atoms with Gasteiger partial charge in [-0.1, -0.05) is 37.3 Å². The molecule has 158 valence electrons. The number of rotatable bonds is 8. The molecule has 2 aliphatic rings. The van der Waals surface area contributed by atoms with Gasteiger partial charge in [-0.05, 0) is 60.1 Å². The molecule has 4 rings (SSSR count). The quantitative estimate of drug-likeness (QED) is 0.395. The maximum atomic E-state index is 10.2. The molecule has 0 radical (unpaired) electrons. The van der Waals surface area contributed by atoms with Gasteiger partial charge in [0, 0.05) is 37.3 Å². The summed E-state index contributed by atoms with van der Waals surface area (Å²) in [5.74, 6) is 1.40. The molecule has 1 fully saturated rings. The number of aliphatic imine (C=N–C) groups is 1. The molecular formula is C25H32N4O. The van der Waals surface area contributed by atoms with Gasteiger partial charge in [-0.25, -0.2) is 4.99 Å². The highest BCUT2D eigenvalue weighted by Crippen LogP contribution is 2.29. The first-order chi connectivity index (χ1) is 14.6. The number of hydrogen-bond donors (Lipinski definition) is 4. The van der Waals surface area contributed by atoms with Crippen LogP contribution in [0.4, 0.5) is 5.69 Å². The Morgan fingerprint density at radius 1 is 1.20 bits per heavy atom. The molecule has 0 spiro atoms. The van der Waals surface area contributed by atoms with Gasteiger partial charge in [-0.15, -0.1) is 0 Å². The average molecular weight is 405 g/mol. The summed E-state index contributed by atoms with van der Waals surface area (Å²) in [6.07, 6.45) is 3.89. The van der Waals surface area contributed by atoms with Crippen LogP contribution in [0.25, 0.3) is 11.1 Å². The molecule has 1 atom stereocenters. The van der Waals surface area contributed by atoms with E-state index in [1.807, 2.05) is 37.3 Å². The van der Waals surface area contributed by atoms with Crippen molar-refractivity contribution in [3.05, 3.63) is 65.4 Å². The maximum absolute atomic E-state index is 10.2. The summed E-state index contributed by atoms with van der Waals surface area (Å²) >= 11 is 0. The van der Waals surface area contributed by atoms with Gasteiger partial charge in [-0.2, -0.15) is 0 Å². The minimum atomic E-state index is -0.436. The predicted octanol–water partition coefficient (Wildman–Crippen LogP) is 4.03. The van der Waals surface area contributed by atoms with Crippen LogP contribution in [0.1, 0.15) is 44.3 Å². The van der Waals surface area contributed by atoms with Crippen molar-refractivity contribution in [2.24, 2.45) is 16.6 Å². The minimum absolute atomic E-state index is 0.436. The number of nitrogens with two attached hydrogens (primary N) is 1. The Morgan fingerprint density at radius 3 is 2.73 bits per heavy atom. The zero-order chi connectivity index (χ0) is 20.9. The first kappa shape index (κ1) is 20.6. The van der Waals surface area contributed by atoms with E-state index >= 15 is 0 Å². The van der Waals surface area contributed by atoms with Crippen LogP contribution in [-0.4, -0.2) is 30.6 Å². The second kappa shape index (κ2) is 9.45. The lowest BCUT2D eigenvalue weighted by atomic mass is 9.99. The third-order valence-electron chi connectivity index (χ3n) is 5.92. The summed E-state index contributed by atoms with van der Waals surface area (Å²) < 4.78 is 0. The van der Waals surface area contributed by atoms with Crippen molar-refractivity contribution in [1.29, 1.82) is 0 Å². The number of nitrogens with zero attached hydrogens (tertiary/aromatic N) is 1. The molecule has 0 bridgehead atoms. The summed E-state index contributed by atoms with van der Waals surface area (Å²) in [7, 11) is 0. The second-order valence-corrected chi connectivity index (χ2v) is 8.31. The lowest BCUT2D eigenvalue weighted by Crippen LogP contribution is -2.36. The molecular weight excluding hydrogens is 372 g/mol. The Balaban J connectivity index is 1.57. The second-order valence-electron chi connectivity index (χ2n) is 8.31. The molecule has 1 aliphatic carbocycles. The number of benzene rings is 2. The fourth-order valence-electron chi connectivity index (χ4n) is 3.84. The SMILES string of the molecule is CCC(O)c1cccc(-c2cccc(N=C(N)C3=C(NCC4CC4)CCNC3)c2)c1. The predicted molar refractivity (Wildman–Crippen MR) is 124 cm³/mol. The number of aliphatic hydroxyl groups excluding tert-OH is 1. The Bertz CT molecular complexity index is 946. The fraction of sp³-hybridized carbons (Fsp3) is 0.400. The molecule has 1 unspecified atom stereocenters. The molecule has 1 aliphatic heterocycles. The number of hydrogen-bond acceptors (Lipinski definition) is 4. The lowest BCUT2D eigenvalue weighted by Gasteiger charge is -2.22. The van der Waals surface area contributed by atoms with Gasteiger partial charge < -0.3 is 21.5 Å². The third-order valence-corrected chi connectivity index (χ3v) is 5.92. The van der Waals surface area contributed by atoms with Gasteiger partial charge in [0.2, 0.25) is 0 Å². The van der Waals surface area contributed by atoms with Crippen molar-refractivity contribution in [3.8, 4) is 11.1 Å². The smallest absolute Gasteiger partial charge is 0.130 e. The normalized spacial score (nSPS) is 18.4. The minimum Gasteiger partial charge on any atom is -0.388 e. The third kappa shape index (κ3) is 5.10. The monoisotopic (exact) mass is 404 g/mol. The van der Waals surface area contributed by atoms with Crippen LogP contribution >= 0.6 is 0 Å². The number of amidine groups is 1. The van der Waals surface area contributed by atoms with Gasteiger partial charge in [0.1, 0.15) is 5.84 Å². The van der Waals surface area contributed by atoms with Crippen LogP contribution in [0, 0.1) is 5.92 Å². The molecule has 5 heteroatoms. The van der Waals surface area contributed by atoms with E-state index in [-0.39, 0.29) is 0 Å². The highest BCUT2D eigenvalue weighted by Gasteiger charge is 2.23. The van der Waals surface area contributed by atoms with E-state index in [9.17, 15) is 5.11 Å². The van der Waals surface area contributed by atoms with Crippen molar-refractivity contribution in [3.63, 3.8) is 0 Å². The van der Waals surface area contributed by atoms with Gasteiger partial charge in [0.25, 0.3) is 0 Å². The van der Waals surface area contributed by atoms with Gasteiger partial charge >= 0.3 is 0 Å². The van der Waals surface area contributed by atoms with Crippen LogP contribution < -0.4 is 16.4 Å². The molecule has 5 N–H and O–H groups in total. The van der Waals surface area contributed by atoms with Crippen molar-refractivity contribution in [2.75, 3.05) is 19.6 Å². The first-order valence-electron chi connectivity index (χ1n) is 11.0. The molecule has 1 saturated carbocycles. The molecule has 0 saturated heterocycles. The zero-order valence-electron chi connectivity index (χ0n) is 17.7. The Morgan fingerprint density at radius 2 is 1.97 bits per heavy atom. The lowest BCUT2D eigenvalue weighted by molar-refractivity contribution is 0.174. The molecule has 5 nitrogen and oxygen atoms in total. The zero-order valence-corrected chi connectivity index (χ0v) is 17.7. The van der Waals surface area contributed by atoms with Crippen molar-refractivity contribution in [2.45, 2.75) is 38.7 Å². The number of aliphatic hydroxyl groups is 1. The van der Waals surface area contributed by atoms with Gasteiger partial charge in [0.15, 0.2) is 0 Å². The standard InChI is InChI=1S/C25H32N4O/c1-2-24(30)20-7-3-5-18(13-20)19-6-4-8-21(14-19)29-25(26)22-16-27-12-11-23(22)28-15-17-9-10-17/h3-8,13-14,17,24,27-28,30H,2,9-12,15-16H2,1H3,(H2,26,29). The molecule has 30 heavy (non-hydrogen) atoms. The Hall–Kier alpha value is -2.63. The van der Waals surface area contributed by atoms with Crippen LogP contribution in [0.3, 0.4) is 0 Å². The largest absolute Gasteiger partial charge is 0.388 e. The van der Waals surface area contributed by atoms with E-state index in [1.165, 1.54) is 18.5 Å². The fourth-order valence-corrected chi connectivity index (χ4v) is 3.84. The van der Waals surface area contributed by atoms with Gasteiger partial charge in [0.05, 0.1) is 11.8 Å². The molecule has 2 aromatic rings. The van der Waals surface area contributed by atoms with Crippen molar-refractivity contribution in [1.82, 2.24) is 10.6 Å². The van der Waals surface area contributed by atoms with Crippen LogP contribution in [0.2, 0.25) is 0 Å². The summed E-state index contributed by atoms with van der Waals surface area (Å²) in [6.45, 7) is 4.75. The van der Waals surface area contributed by atoms with Gasteiger partial charge in [-0.3, -0.25) is 0 Å². The number of nitrogens with one attached hydrogen (secondary N) is 2. The van der Waals surface area contributed by atoms with Crippen LogP contribution in [0.15, 0.2) is 64.8 Å². The summed E-state index contributed by atoms with van der Waals surface area (Å²) in [5, 5.41) is 17.2. The molecule has 2 aromatic carbocycles. The van der Waals surface area contributed by atoms with E-state index < -0.39 is 6.10 Å². The molecule has 1 heterocycles. The van der Waals surface area contributed by atoms with E-state index in [2.05, 4.69) is 28.8 Å². The van der Waals surface area contributed by atoms with E-state index in [0.717, 1.165) is 59.9 Å². The van der Waals surface area contributed by atoms with Crippen LogP contribution in [-0.2, 0) is 0 Å². The first-order valence-corrected chi connectivity index (χ1v) is 11.0. The summed E-state index contributed by atoms with van der Waals surface area (Å²) in [6, 6.07) is 16.2. The maximum Gasteiger partial charge on any atom is 0.130 e. The summed E-state index contributed by atoms with van der Waals surface area (Å²) in [4.78, 5) is 4.74. The van der Waals surface area contributed by atoms with Crippen molar-refractivity contribution >= 4 is 11.5 Å². The molecule has 0 amide bonds. The van der Waals surface area contributed by atoms with Crippen molar-refractivity contribution < 1.29 is 5.11 Å². The Labute approximate surface area is 179 Å². The van der Waals surface area contributed by atoms with E-state index in [1.54, 1.807) is 0 Å². The molecule has 0 aromatic heterocycles. The van der Waals surface area contributed by atoms with Crippen LogP contribution in [0.5, 0.6) is 0 Å².